The van der Waals surface area contributed by atoms with E-state index >= 15 is 0 Å². The molecule has 0 aliphatic heterocycles. The summed E-state index contributed by atoms with van der Waals surface area (Å²) in [5.41, 5.74) is 1.18. The Labute approximate surface area is 106 Å². The first-order valence-corrected chi connectivity index (χ1v) is 5.86. The van der Waals surface area contributed by atoms with E-state index in [1.54, 1.807) is 19.2 Å². The van der Waals surface area contributed by atoms with E-state index in [1.165, 1.54) is 6.20 Å². The van der Waals surface area contributed by atoms with Crippen LogP contribution in [0.25, 0.3) is 0 Å². The first-order valence-electron chi connectivity index (χ1n) is 5.86. The zero-order valence-corrected chi connectivity index (χ0v) is 10.8. The number of nitrogens with zero attached hydrogens (tertiary/aromatic N) is 1. The van der Waals surface area contributed by atoms with E-state index in [0.717, 1.165) is 5.56 Å². The molecule has 0 aromatic carbocycles. The summed E-state index contributed by atoms with van der Waals surface area (Å²) in [4.78, 5) is 26.9. The Hall–Kier alpha value is -1.91. The molecule has 0 fully saturated rings. The molecule has 5 heteroatoms. The number of aromatic nitrogens is 1. The van der Waals surface area contributed by atoms with Gasteiger partial charge in [-0.25, -0.2) is 4.79 Å². The van der Waals surface area contributed by atoms with Gasteiger partial charge in [-0.15, -0.1) is 0 Å². The molecular formula is C13H18N2O3. The summed E-state index contributed by atoms with van der Waals surface area (Å²) >= 11 is 0. The van der Waals surface area contributed by atoms with Crippen molar-refractivity contribution in [3.05, 3.63) is 29.6 Å². The molecule has 2 N–H and O–H groups in total. The molecule has 0 bridgehead atoms. The number of nitrogens with one attached hydrogen (secondary N) is 1. The van der Waals surface area contributed by atoms with E-state index in [4.69, 9.17) is 5.11 Å². The molecule has 1 unspecified atom stereocenters. The summed E-state index contributed by atoms with van der Waals surface area (Å²) in [6.45, 7) is 5.61. The minimum atomic E-state index is -1.02. The summed E-state index contributed by atoms with van der Waals surface area (Å²) in [5.74, 6) is -1.21. The predicted molar refractivity (Wildman–Crippen MR) is 67.3 cm³/mol. The fourth-order valence-electron chi connectivity index (χ4n) is 1.63. The number of carboxylic acids is 1. The fourth-order valence-corrected chi connectivity index (χ4v) is 1.63. The molecule has 1 atom stereocenters. The quantitative estimate of drug-likeness (QED) is 0.832. The van der Waals surface area contributed by atoms with Crippen molar-refractivity contribution < 1.29 is 14.7 Å². The van der Waals surface area contributed by atoms with Gasteiger partial charge in [0.2, 0.25) is 0 Å². The average molecular weight is 250 g/mol. The Balaban J connectivity index is 2.79. The highest BCUT2D eigenvalue weighted by molar-refractivity contribution is 5.97. The number of rotatable bonds is 5. The molecule has 1 aromatic heterocycles. The normalized spacial score (nSPS) is 12.2. The number of aryl methyl sites for hydroxylation is 1. The zero-order chi connectivity index (χ0) is 13.7. The van der Waals surface area contributed by atoms with Gasteiger partial charge in [0.1, 0.15) is 6.04 Å². The van der Waals surface area contributed by atoms with Gasteiger partial charge < -0.3 is 10.4 Å². The number of carbonyl (C=O) groups excluding carboxylic acids is 1. The van der Waals surface area contributed by atoms with Gasteiger partial charge in [-0.2, -0.15) is 0 Å². The first kappa shape index (κ1) is 14.2. The summed E-state index contributed by atoms with van der Waals surface area (Å²) in [6, 6.07) is 0.852. The van der Waals surface area contributed by atoms with Crippen LogP contribution in [-0.4, -0.2) is 28.0 Å². The molecule has 1 rings (SSSR count). The van der Waals surface area contributed by atoms with Crippen LogP contribution >= 0.6 is 0 Å². The second-order valence-electron chi connectivity index (χ2n) is 4.68. The van der Waals surface area contributed by atoms with Crippen LogP contribution in [0.1, 0.15) is 36.2 Å². The van der Waals surface area contributed by atoms with Crippen LogP contribution in [0.3, 0.4) is 0 Å². The third-order valence-corrected chi connectivity index (χ3v) is 2.59. The maximum absolute atomic E-state index is 11.9. The molecule has 1 amide bonds. The third-order valence-electron chi connectivity index (χ3n) is 2.59. The Morgan fingerprint density at radius 2 is 2.11 bits per heavy atom. The zero-order valence-electron chi connectivity index (χ0n) is 10.8. The molecule has 0 saturated carbocycles. The van der Waals surface area contributed by atoms with Gasteiger partial charge in [0, 0.05) is 12.4 Å². The molecule has 5 nitrogen and oxygen atoms in total. The van der Waals surface area contributed by atoms with E-state index in [-0.39, 0.29) is 5.92 Å². The van der Waals surface area contributed by atoms with Crippen molar-refractivity contribution in [3.63, 3.8) is 0 Å². The van der Waals surface area contributed by atoms with Crippen molar-refractivity contribution in [2.45, 2.75) is 33.2 Å². The highest BCUT2D eigenvalue weighted by Gasteiger charge is 2.22. The Bertz CT molecular complexity index is 444. The van der Waals surface area contributed by atoms with E-state index < -0.39 is 17.9 Å². The molecule has 0 aliphatic rings. The molecular weight excluding hydrogens is 232 g/mol. The van der Waals surface area contributed by atoms with Gasteiger partial charge in [0.05, 0.1) is 5.56 Å². The lowest BCUT2D eigenvalue weighted by Crippen LogP contribution is -2.41. The fraction of sp³-hybridized carbons (Fsp3) is 0.462. The lowest BCUT2D eigenvalue weighted by molar-refractivity contribution is -0.139. The Morgan fingerprint density at radius 1 is 1.44 bits per heavy atom. The van der Waals surface area contributed by atoms with Crippen molar-refractivity contribution in [2.24, 2.45) is 5.92 Å². The van der Waals surface area contributed by atoms with Crippen molar-refractivity contribution >= 4 is 11.9 Å². The van der Waals surface area contributed by atoms with Crippen molar-refractivity contribution in [2.75, 3.05) is 0 Å². The molecule has 1 aromatic rings. The summed E-state index contributed by atoms with van der Waals surface area (Å²) in [5, 5.41) is 11.6. The smallest absolute Gasteiger partial charge is 0.326 e. The molecule has 0 radical (unpaired) electrons. The number of aliphatic carboxylic acids is 1. The number of carbonyl (C=O) groups is 2. The van der Waals surface area contributed by atoms with Gasteiger partial charge in [-0.05, 0) is 30.9 Å². The van der Waals surface area contributed by atoms with Gasteiger partial charge in [-0.3, -0.25) is 9.78 Å². The second kappa shape index (κ2) is 6.14. The monoisotopic (exact) mass is 250 g/mol. The third kappa shape index (κ3) is 3.84. The minimum absolute atomic E-state index is 0.196. The SMILES string of the molecule is Cc1ccncc1C(=O)NC(CC(C)C)C(=O)O. The van der Waals surface area contributed by atoms with E-state index in [0.29, 0.717) is 12.0 Å². The van der Waals surface area contributed by atoms with E-state index in [2.05, 4.69) is 10.3 Å². The van der Waals surface area contributed by atoms with Gasteiger partial charge in [-0.1, -0.05) is 13.8 Å². The Morgan fingerprint density at radius 3 is 2.61 bits per heavy atom. The van der Waals surface area contributed by atoms with Crippen molar-refractivity contribution in [3.8, 4) is 0 Å². The lowest BCUT2D eigenvalue weighted by atomic mass is 10.0. The maximum atomic E-state index is 11.9. The van der Waals surface area contributed by atoms with Gasteiger partial charge >= 0.3 is 5.97 Å². The highest BCUT2D eigenvalue weighted by atomic mass is 16.4. The topological polar surface area (TPSA) is 79.3 Å². The summed E-state index contributed by atoms with van der Waals surface area (Å²) in [6.07, 6.45) is 3.44. The first-order chi connectivity index (χ1) is 8.41. The molecule has 0 aliphatic carbocycles. The predicted octanol–water partition coefficient (Wildman–Crippen LogP) is 1.62. The van der Waals surface area contributed by atoms with Crippen LogP contribution in [0.15, 0.2) is 18.5 Å². The van der Waals surface area contributed by atoms with Crippen LogP contribution < -0.4 is 5.32 Å². The number of carboxylic acid groups (broad SMARTS) is 1. The number of pyridine rings is 1. The van der Waals surface area contributed by atoms with Gasteiger partial charge in [0.15, 0.2) is 0 Å². The molecule has 0 saturated heterocycles. The van der Waals surface area contributed by atoms with Crippen molar-refractivity contribution in [1.82, 2.24) is 10.3 Å². The van der Waals surface area contributed by atoms with Crippen molar-refractivity contribution in [1.29, 1.82) is 0 Å². The number of hydrogen-bond donors (Lipinski definition) is 2. The van der Waals surface area contributed by atoms with Crippen LogP contribution in [0, 0.1) is 12.8 Å². The van der Waals surface area contributed by atoms with Crippen LogP contribution in [0.5, 0.6) is 0 Å². The molecule has 0 spiro atoms. The lowest BCUT2D eigenvalue weighted by Gasteiger charge is -2.16. The average Bonchev–Trinajstić information content (AvgIpc) is 2.27. The largest absolute Gasteiger partial charge is 0.480 e. The van der Waals surface area contributed by atoms with Crippen LogP contribution in [0.4, 0.5) is 0 Å². The summed E-state index contributed by atoms with van der Waals surface area (Å²) in [7, 11) is 0. The molecule has 1 heterocycles. The number of amides is 1. The Kier molecular flexibility index (Phi) is 4.83. The minimum Gasteiger partial charge on any atom is -0.480 e. The molecule has 98 valence electrons. The highest BCUT2D eigenvalue weighted by Crippen LogP contribution is 2.08. The standard InChI is InChI=1S/C13H18N2O3/c1-8(2)6-11(13(17)18)15-12(16)10-7-14-5-4-9(10)3/h4-5,7-8,11H,6H2,1-3H3,(H,15,16)(H,17,18). The van der Waals surface area contributed by atoms with Crippen LogP contribution in [-0.2, 0) is 4.79 Å². The molecule has 18 heavy (non-hydrogen) atoms. The second-order valence-corrected chi connectivity index (χ2v) is 4.68. The number of hydrogen-bond acceptors (Lipinski definition) is 3. The van der Waals surface area contributed by atoms with Crippen LogP contribution in [0.2, 0.25) is 0 Å². The maximum Gasteiger partial charge on any atom is 0.326 e. The van der Waals surface area contributed by atoms with Gasteiger partial charge in [0.25, 0.3) is 5.91 Å². The van der Waals surface area contributed by atoms with E-state index in [9.17, 15) is 9.59 Å². The van der Waals surface area contributed by atoms with E-state index in [1.807, 2.05) is 13.8 Å². The summed E-state index contributed by atoms with van der Waals surface area (Å²) < 4.78 is 0.